The fraction of sp³-hybridized carbons (Fsp3) is 0.594. The number of amides is 8. The number of aromatic nitrogens is 2. The van der Waals surface area contributed by atoms with Crippen molar-refractivity contribution in [2.75, 3.05) is 57.3 Å². The molecule has 0 bridgehead atoms. The number of aliphatic hydroxyl groups is 6. The monoisotopic (exact) mass is 1480 g/mol. The number of piperazine rings is 1. The highest BCUT2D eigenvalue weighted by Gasteiger charge is 2.50. The van der Waals surface area contributed by atoms with E-state index in [1.54, 1.807) is 12.1 Å². The van der Waals surface area contributed by atoms with Crippen molar-refractivity contribution >= 4 is 76.6 Å². The minimum atomic E-state index is -2.22. The maximum absolute atomic E-state index is 14.7. The smallest absolute Gasteiger partial charge is 0.261 e. The van der Waals surface area contributed by atoms with E-state index in [-0.39, 0.29) is 29.2 Å². The zero-order valence-corrected chi connectivity index (χ0v) is 60.7. The highest BCUT2D eigenvalue weighted by atomic mass is 32.2. The molecule has 32 nitrogen and oxygen atoms in total. The molecule has 34 heteroatoms. The summed E-state index contributed by atoms with van der Waals surface area (Å²) in [5.41, 5.74) is 8.13. The number of anilines is 1. The van der Waals surface area contributed by atoms with Crippen LogP contribution in [-0.2, 0) is 49.4 Å². The normalized spacial score (nSPS) is 26.8. The minimum absolute atomic E-state index is 0.0184. The van der Waals surface area contributed by atoms with Crippen molar-refractivity contribution in [1.29, 1.82) is 0 Å². The quantitative estimate of drug-likeness (QED) is 0.0249. The van der Waals surface area contributed by atoms with E-state index >= 15 is 0 Å². The van der Waals surface area contributed by atoms with Crippen molar-refractivity contribution in [3.8, 4) is 32.6 Å². The molecule has 15 N–H and O–H groups in total. The number of phenolic OH excluding ortho intramolecular Hbond substituents is 1. The van der Waals surface area contributed by atoms with Crippen LogP contribution in [0, 0.1) is 11.8 Å². The topological polar surface area (TPSA) is 454 Å². The Bertz CT molecular complexity index is 3520. The Balaban J connectivity index is 0.00000140. The Morgan fingerprint density at radius 1 is 0.728 bits per heavy atom. The van der Waals surface area contributed by atoms with Gasteiger partial charge in [-0.05, 0) is 127 Å². The molecule has 1 aliphatic carbocycles. The van der Waals surface area contributed by atoms with E-state index in [1.807, 2.05) is 12.1 Å². The summed E-state index contributed by atoms with van der Waals surface area (Å²) in [5.74, 6) is -10.2. The average Bonchev–Trinajstić information content (AvgIpc) is 1.69. The van der Waals surface area contributed by atoms with Crippen molar-refractivity contribution < 1.29 is 92.9 Å². The average molecular weight is 1480 g/mol. The zero-order chi connectivity index (χ0) is 75.1. The van der Waals surface area contributed by atoms with Crippen LogP contribution in [0.5, 0.6) is 11.5 Å². The van der Waals surface area contributed by atoms with Gasteiger partial charge in [0.25, 0.3) is 18.2 Å². The number of carbonyl (C=O) groups excluding carboxylic acids is 8. The molecule has 1 saturated carbocycles. The van der Waals surface area contributed by atoms with E-state index in [9.17, 15) is 74.1 Å². The number of hydrogen-bond acceptors (Lipinski definition) is 26. The number of aromatic hydroxyl groups is 1. The Labute approximate surface area is 606 Å². The van der Waals surface area contributed by atoms with Crippen LogP contribution < -0.4 is 41.4 Å². The van der Waals surface area contributed by atoms with E-state index in [2.05, 4.69) is 115 Å². The second-order valence-electron chi connectivity index (χ2n) is 27.8. The summed E-state index contributed by atoms with van der Waals surface area (Å²) in [6.07, 6.45) is -8.49. The third-order valence-corrected chi connectivity index (χ3v) is 21.0. The number of hydrogen-bond donors (Lipinski definition) is 14. The number of nitrogens with zero attached hydrogens (tertiary/aromatic N) is 7. The standard InChI is InChI=1S/C61H80N12O19S2.C8H19N/c1-30-4-13-37(14-5-30)70-18-20-71(21-19-70)38-15-11-36(12-16-38)59-69-68-58(93-59)35-9-7-34(8-10-35)53(82)64-41-24-39(75)27-63-57(86)51-52(81)31(2)28-73(51)61(88)50(45(79)26-47(62)80)67-56(85)49(44(78)22-33-6-17-43(77)46(23-33)90-94-92-91-89)66-55(84)42-25-40(76)29-72(42)60(87)48(32(3)74)65-54(41)83;1-6-9(7(2)3)8(4)5/h6-12,15-17,23,30-32,37,39-42,44-45,48-52,74-79,81,89H,4-5,13-14,18-22,24-29H2,1-3H3,(H2,62,80)(H,63,86)(H,64,82)(H,65,83)(H,66,84)(H,67,85);7-8H,6H2,1-5H3/t30?,31-,32+,37?,39+,40+,41-,42-,44+,45+,48-,49-,50-,51-,52-;/m0./s1. The number of β-amino-alcohol motifs (C(OH)–C–C–N with tert-alkyl or cyclic N) is 1. The van der Waals surface area contributed by atoms with Gasteiger partial charge in [-0.1, -0.05) is 59.7 Å². The maximum atomic E-state index is 14.7. The first-order valence-corrected chi connectivity index (χ1v) is 36.3. The molecule has 4 aromatic rings. The number of primary amides is 1. The summed E-state index contributed by atoms with van der Waals surface area (Å²) in [5, 5.41) is 113. The lowest BCUT2D eigenvalue weighted by Crippen LogP contribution is -2.64. The van der Waals surface area contributed by atoms with E-state index in [0.717, 1.165) is 78.7 Å². The van der Waals surface area contributed by atoms with Gasteiger partial charge in [-0.15, -0.1) is 10.2 Å². The molecule has 1 aromatic heterocycles. The van der Waals surface area contributed by atoms with Crippen LogP contribution in [0.25, 0.3) is 21.1 Å². The van der Waals surface area contributed by atoms with Gasteiger partial charge in [-0.3, -0.25) is 48.2 Å². The first kappa shape index (κ1) is 81.0. The van der Waals surface area contributed by atoms with Crippen LogP contribution in [0.1, 0.15) is 116 Å². The molecule has 9 rings (SSSR count). The van der Waals surface area contributed by atoms with Gasteiger partial charge in [0.05, 0.1) is 43.0 Å². The lowest BCUT2D eigenvalue weighted by atomic mass is 9.86. The molecule has 8 amide bonds. The van der Waals surface area contributed by atoms with Crippen molar-refractivity contribution in [2.24, 2.45) is 17.6 Å². The van der Waals surface area contributed by atoms with Gasteiger partial charge in [0.2, 0.25) is 41.4 Å². The predicted octanol–water partition coefficient (Wildman–Crippen LogP) is 0.591. The number of nitrogens with two attached hydrogens (primary N) is 1. The first-order valence-electron chi connectivity index (χ1n) is 34.9. The van der Waals surface area contributed by atoms with Crippen molar-refractivity contribution in [2.45, 2.75) is 198 Å². The Morgan fingerprint density at radius 2 is 1.33 bits per heavy atom. The minimum Gasteiger partial charge on any atom is -0.504 e. The molecule has 0 unspecified atom stereocenters. The van der Waals surface area contributed by atoms with Crippen molar-refractivity contribution in [1.82, 2.24) is 56.4 Å². The van der Waals surface area contributed by atoms with Crippen LogP contribution in [0.3, 0.4) is 0 Å². The van der Waals surface area contributed by atoms with Gasteiger partial charge in [-0.2, -0.15) is 0 Å². The molecular weight excluding hydrogens is 1380 g/mol. The van der Waals surface area contributed by atoms with Gasteiger partial charge in [0, 0.05) is 111 Å². The van der Waals surface area contributed by atoms with Gasteiger partial charge < -0.3 is 86.9 Å². The maximum Gasteiger partial charge on any atom is 0.261 e. The number of benzene rings is 3. The lowest BCUT2D eigenvalue weighted by Gasteiger charge is -2.42. The predicted molar refractivity (Wildman–Crippen MR) is 378 cm³/mol. The summed E-state index contributed by atoms with van der Waals surface area (Å²) in [7, 11) is 0. The first-order chi connectivity index (χ1) is 49.0. The molecule has 5 fully saturated rings. The van der Waals surface area contributed by atoms with Crippen LogP contribution in [-0.4, -0.2) is 261 Å². The van der Waals surface area contributed by atoms with E-state index in [4.69, 9.17) is 15.2 Å². The van der Waals surface area contributed by atoms with Crippen LogP contribution in [0.2, 0.25) is 0 Å². The molecule has 5 heterocycles. The number of carbonyl (C=O) groups is 8. The van der Waals surface area contributed by atoms with E-state index < -0.39 is 177 Å². The largest absolute Gasteiger partial charge is 0.504 e. The number of phenols is 1. The van der Waals surface area contributed by atoms with Crippen LogP contribution in [0.15, 0.2) is 66.7 Å². The highest BCUT2D eigenvalue weighted by Crippen LogP contribution is 2.35. The molecule has 5 aliphatic rings. The molecule has 3 aromatic carbocycles. The lowest BCUT2D eigenvalue weighted by molar-refractivity contribution is -0.433. The van der Waals surface area contributed by atoms with Gasteiger partial charge in [-0.25, -0.2) is 5.26 Å². The SMILES string of the molecule is CC1CCC(N2CCN(c3ccc(-c4nnc(-c5ccc(C(=O)N[C@H]6C[C@@H](O)CNC(=O)[C@@H]7[C@@H](O)[C@@H](C)CN7C(=O)[C@H]([C@H](O)CC(N)=O)NC(=O)[C@H]([C@H](O)Cc7ccc(O)c(OSOOO)c7)NC(=O)[C@@H]7C[C@@H](O)CN7C(=O)[C@H]([C@@H](C)O)NC6=O)cc5)s4)cc3)CC2)CC1.CCN(C(C)C)C(C)C. The third-order valence-electron chi connectivity index (χ3n) is 19.6. The number of rotatable bonds is 20. The van der Waals surface area contributed by atoms with Gasteiger partial charge in [0.1, 0.15) is 46.3 Å². The molecule has 4 saturated heterocycles. The molecule has 566 valence electrons. The fourth-order valence-corrected chi connectivity index (χ4v) is 15.1. The molecule has 13 atom stereocenters. The Kier molecular flexibility index (Phi) is 29.3. The summed E-state index contributed by atoms with van der Waals surface area (Å²) in [6.45, 7) is 19.5. The molecule has 0 spiro atoms. The van der Waals surface area contributed by atoms with Gasteiger partial charge in [0.15, 0.2) is 11.5 Å². The molecule has 103 heavy (non-hydrogen) atoms. The fourth-order valence-electron chi connectivity index (χ4n) is 14.0. The third kappa shape index (κ3) is 21.3. The van der Waals surface area contributed by atoms with Crippen molar-refractivity contribution in [3.05, 3.63) is 77.9 Å². The number of aliphatic hydroxyl groups excluding tert-OH is 6. The van der Waals surface area contributed by atoms with E-state index in [1.165, 1.54) is 62.1 Å². The molecule has 4 aliphatic heterocycles. The summed E-state index contributed by atoms with van der Waals surface area (Å²) < 4.78 is 9.32. The van der Waals surface area contributed by atoms with Crippen LogP contribution >= 0.6 is 23.7 Å². The Hall–Kier alpha value is -7.71. The Morgan fingerprint density at radius 3 is 1.91 bits per heavy atom. The summed E-state index contributed by atoms with van der Waals surface area (Å²) in [4.78, 5) is 123. The highest BCUT2D eigenvalue weighted by molar-refractivity contribution is 7.90. The van der Waals surface area contributed by atoms with Crippen molar-refractivity contribution in [3.63, 3.8) is 0 Å². The van der Waals surface area contributed by atoms with E-state index in [0.29, 0.717) is 33.7 Å². The summed E-state index contributed by atoms with van der Waals surface area (Å²) in [6, 6.07) is 8.25. The number of fused-ring (bicyclic) bond motifs is 2. The number of nitrogens with one attached hydrogen (secondary N) is 5. The molecular formula is C69H99N13O19S2. The molecule has 0 radical (unpaired) electrons. The zero-order valence-electron chi connectivity index (χ0n) is 59.1. The second-order valence-corrected chi connectivity index (χ2v) is 29.2. The van der Waals surface area contributed by atoms with Crippen LogP contribution in [0.4, 0.5) is 5.69 Å². The second kappa shape index (κ2) is 37.3. The summed E-state index contributed by atoms with van der Waals surface area (Å²) >= 11 is 1.40. The van der Waals surface area contributed by atoms with Gasteiger partial charge >= 0.3 is 0 Å².